The lowest BCUT2D eigenvalue weighted by molar-refractivity contribution is -0.149. The number of aromatic nitrogens is 4. The van der Waals surface area contributed by atoms with Gasteiger partial charge in [0.05, 0.1) is 25.1 Å². The minimum Gasteiger partial charge on any atom is -0.462 e. The first-order valence-corrected chi connectivity index (χ1v) is 18.5. The Morgan fingerprint density at radius 2 is 1.71 bits per heavy atom. The summed E-state index contributed by atoms with van der Waals surface area (Å²) in [7, 11) is -3.76. The molecule has 0 radical (unpaired) electrons. The molecule has 0 bridgehead atoms. The lowest BCUT2D eigenvalue weighted by Gasteiger charge is -2.28. The molecule has 3 atom stereocenters. The first-order valence-electron chi connectivity index (χ1n) is 16.7. The highest BCUT2D eigenvalue weighted by Crippen LogP contribution is 2.44. The number of ether oxygens (including phenoxy) is 3. The Kier molecular flexibility index (Phi) is 12.7. The van der Waals surface area contributed by atoms with Gasteiger partial charge in [0.25, 0.3) is 0 Å². The van der Waals surface area contributed by atoms with Crippen molar-refractivity contribution in [1.82, 2.24) is 24.6 Å². The zero-order valence-electron chi connectivity index (χ0n) is 30.6. The van der Waals surface area contributed by atoms with Crippen molar-refractivity contribution >= 4 is 42.3 Å². The Morgan fingerprint density at radius 1 is 1.00 bits per heavy atom. The number of imidazole rings is 1. The predicted octanol–water partition coefficient (Wildman–Crippen LogP) is 6.24. The molecule has 2 aromatic heterocycles. The summed E-state index contributed by atoms with van der Waals surface area (Å²) >= 11 is 0. The molecule has 0 saturated heterocycles. The van der Waals surface area contributed by atoms with E-state index < -0.39 is 37.0 Å². The van der Waals surface area contributed by atoms with Crippen LogP contribution in [0.4, 0.5) is 5.82 Å². The van der Waals surface area contributed by atoms with Crippen LogP contribution in [-0.2, 0) is 40.4 Å². The molecule has 0 fully saturated rings. The molecule has 0 aliphatic carbocycles. The molecule has 0 spiro atoms. The highest BCUT2D eigenvalue weighted by atomic mass is 31.2. The van der Waals surface area contributed by atoms with E-state index in [1.807, 2.05) is 33.8 Å². The summed E-state index contributed by atoms with van der Waals surface area (Å²) in [5.74, 6) is -0.302. The van der Waals surface area contributed by atoms with Gasteiger partial charge in [-0.05, 0) is 70.9 Å². The first-order chi connectivity index (χ1) is 24.0. The number of fused-ring (bicyclic) bond motifs is 1. The Hall–Kier alpha value is -4.65. The molecule has 4 rings (SSSR count). The molecule has 0 aliphatic heterocycles. The summed E-state index contributed by atoms with van der Waals surface area (Å²) < 4.78 is 38.4. The molecule has 15 heteroatoms. The van der Waals surface area contributed by atoms with Gasteiger partial charge in [0, 0.05) is 24.3 Å². The van der Waals surface area contributed by atoms with Gasteiger partial charge >= 0.3 is 19.5 Å². The number of hydrogen-bond acceptors (Lipinski definition) is 11. The van der Waals surface area contributed by atoms with Gasteiger partial charge in [-0.25, -0.2) is 20.0 Å². The van der Waals surface area contributed by atoms with Gasteiger partial charge in [0.2, 0.25) is 5.91 Å². The molecule has 4 aromatic rings. The fraction of sp³-hybridized carbons (Fsp3) is 0.444. The van der Waals surface area contributed by atoms with Crippen LogP contribution in [0.2, 0.25) is 0 Å². The minimum atomic E-state index is -3.76. The van der Waals surface area contributed by atoms with Crippen molar-refractivity contribution < 1.29 is 37.7 Å². The summed E-state index contributed by atoms with van der Waals surface area (Å²) in [4.78, 5) is 50.9. The van der Waals surface area contributed by atoms with Crippen molar-refractivity contribution in [2.24, 2.45) is 0 Å². The van der Waals surface area contributed by atoms with E-state index in [1.54, 1.807) is 75.0 Å². The second-order valence-electron chi connectivity index (χ2n) is 13.5. The van der Waals surface area contributed by atoms with E-state index in [9.17, 15) is 18.9 Å². The Labute approximate surface area is 298 Å². The number of esters is 2. The average molecular weight is 723 g/mol. The van der Waals surface area contributed by atoms with Crippen LogP contribution in [0.25, 0.3) is 11.2 Å². The van der Waals surface area contributed by atoms with Crippen molar-refractivity contribution in [3.63, 3.8) is 0 Å². The maximum absolute atomic E-state index is 14.0. The topological polar surface area (TPSA) is 173 Å². The summed E-state index contributed by atoms with van der Waals surface area (Å²) in [5, 5.41) is 5.66. The van der Waals surface area contributed by atoms with Crippen LogP contribution in [0, 0.1) is 13.8 Å². The highest BCUT2D eigenvalue weighted by molar-refractivity contribution is 7.57. The highest BCUT2D eigenvalue weighted by Gasteiger charge is 2.33. The first kappa shape index (κ1) is 39.1. The lowest BCUT2D eigenvalue weighted by Crippen LogP contribution is -2.37. The number of anilines is 1. The molecule has 2 heterocycles. The number of amides is 1. The number of carbonyl (C=O) groups excluding carboxylic acids is 3. The van der Waals surface area contributed by atoms with E-state index >= 15 is 0 Å². The predicted molar refractivity (Wildman–Crippen MR) is 193 cm³/mol. The number of nitrogens with zero attached hydrogens (tertiary/aromatic N) is 4. The monoisotopic (exact) mass is 722 g/mol. The van der Waals surface area contributed by atoms with Crippen molar-refractivity contribution in [3.05, 3.63) is 71.8 Å². The van der Waals surface area contributed by atoms with E-state index in [1.165, 1.54) is 13.3 Å². The standard InChI is InChI=1S/C36H47N6O8P/c1-22(2)48-35(45)26(6)41-51(46,50-28-13-11-10-12-14-28)21-47-25(5)18-42-20-39-32-33(37-19-38-34(32)42)40-30(44)17-36(8,9)31-24(4)15-23(3)16-29(31)49-27(7)43/h10-16,19-20,22,25-26H,17-18,21H2,1-9H3,(H,41,46)(H,37,38,40,44)/t25-,26+,51?/m1/s1. The Morgan fingerprint density at radius 3 is 2.37 bits per heavy atom. The molecule has 51 heavy (non-hydrogen) atoms. The maximum Gasteiger partial charge on any atom is 0.342 e. The number of rotatable bonds is 16. The van der Waals surface area contributed by atoms with Gasteiger partial charge < -0.3 is 28.6 Å². The van der Waals surface area contributed by atoms with Gasteiger partial charge in [0.1, 0.15) is 30.2 Å². The van der Waals surface area contributed by atoms with E-state index in [4.69, 9.17) is 18.7 Å². The number of nitrogens with one attached hydrogen (secondary N) is 2. The summed E-state index contributed by atoms with van der Waals surface area (Å²) in [5.41, 5.74) is 2.74. The van der Waals surface area contributed by atoms with E-state index in [2.05, 4.69) is 25.4 Å². The van der Waals surface area contributed by atoms with E-state index in [0.29, 0.717) is 22.7 Å². The number of para-hydroxylation sites is 1. The third kappa shape index (κ3) is 10.7. The van der Waals surface area contributed by atoms with Crippen molar-refractivity contribution in [2.45, 2.75) is 98.9 Å². The number of carbonyl (C=O) groups is 3. The molecule has 0 saturated carbocycles. The average Bonchev–Trinajstić information content (AvgIpc) is 3.42. The Bertz CT molecular complexity index is 1910. The quantitative estimate of drug-likeness (QED) is 0.0759. The van der Waals surface area contributed by atoms with Crippen LogP contribution < -0.4 is 19.7 Å². The second-order valence-corrected chi connectivity index (χ2v) is 15.5. The zero-order chi connectivity index (χ0) is 37.5. The second kappa shape index (κ2) is 16.6. The maximum atomic E-state index is 14.0. The normalized spacial score (nSPS) is 14.1. The van der Waals surface area contributed by atoms with Crippen LogP contribution in [0.1, 0.15) is 71.6 Å². The molecule has 1 amide bonds. The number of aryl methyl sites for hydroxylation is 2. The molecule has 2 N–H and O–H groups in total. The molecular formula is C36H47N6O8P. The van der Waals surface area contributed by atoms with Crippen LogP contribution >= 0.6 is 7.52 Å². The van der Waals surface area contributed by atoms with Crippen LogP contribution in [0.3, 0.4) is 0 Å². The number of benzene rings is 2. The molecule has 0 aliphatic rings. The molecule has 14 nitrogen and oxygen atoms in total. The van der Waals surface area contributed by atoms with Gasteiger partial charge in [0.15, 0.2) is 17.0 Å². The SMILES string of the molecule is CC(=O)Oc1cc(C)cc(C)c1C(C)(C)CC(=O)Nc1ncnc2c1ncn2C[C@@H](C)OCP(=O)(N[C@@H](C)C(=O)OC(C)C)Oc1ccccc1. The van der Waals surface area contributed by atoms with Crippen molar-refractivity contribution in [2.75, 3.05) is 11.7 Å². The largest absolute Gasteiger partial charge is 0.462 e. The van der Waals surface area contributed by atoms with E-state index in [-0.39, 0.29) is 37.1 Å². The van der Waals surface area contributed by atoms with Crippen LogP contribution in [-0.4, -0.2) is 62.0 Å². The molecular weight excluding hydrogens is 675 g/mol. The summed E-state index contributed by atoms with van der Waals surface area (Å²) in [6.45, 7) is 16.1. The van der Waals surface area contributed by atoms with Gasteiger partial charge in [-0.15, -0.1) is 0 Å². The molecule has 1 unspecified atom stereocenters. The third-order valence-corrected chi connectivity index (χ3v) is 9.49. The summed E-state index contributed by atoms with van der Waals surface area (Å²) in [6.07, 6.45) is 1.76. The molecule has 274 valence electrons. The smallest absolute Gasteiger partial charge is 0.342 e. The minimum absolute atomic E-state index is 0.0647. The van der Waals surface area contributed by atoms with Crippen molar-refractivity contribution in [1.29, 1.82) is 0 Å². The van der Waals surface area contributed by atoms with Crippen molar-refractivity contribution in [3.8, 4) is 11.5 Å². The molecule has 2 aromatic carbocycles. The fourth-order valence-corrected chi connectivity index (χ4v) is 7.57. The summed E-state index contributed by atoms with van der Waals surface area (Å²) in [6, 6.07) is 11.5. The Balaban J connectivity index is 1.46. The van der Waals surface area contributed by atoms with E-state index in [0.717, 1.165) is 16.7 Å². The van der Waals surface area contributed by atoms with Gasteiger partial charge in [-0.1, -0.05) is 38.1 Å². The lowest BCUT2D eigenvalue weighted by atomic mass is 9.78. The zero-order valence-corrected chi connectivity index (χ0v) is 31.4. The van der Waals surface area contributed by atoms with Gasteiger partial charge in [-0.2, -0.15) is 0 Å². The fourth-order valence-electron chi connectivity index (χ4n) is 5.78. The van der Waals surface area contributed by atoms with Crippen LogP contribution in [0.5, 0.6) is 11.5 Å². The number of hydrogen-bond donors (Lipinski definition) is 2. The van der Waals surface area contributed by atoms with Crippen LogP contribution in [0.15, 0.2) is 55.1 Å². The third-order valence-electron chi connectivity index (χ3n) is 7.71. The van der Waals surface area contributed by atoms with Gasteiger partial charge in [-0.3, -0.25) is 18.9 Å².